The molecule has 0 heterocycles. The van der Waals surface area contributed by atoms with Crippen LogP contribution in [0.25, 0.3) is 0 Å². The maximum Gasteiger partial charge on any atom is 0.0940 e. The summed E-state index contributed by atoms with van der Waals surface area (Å²) in [5, 5.41) is 1.45. The van der Waals surface area contributed by atoms with E-state index in [4.69, 9.17) is 16.3 Å². The molecule has 0 saturated carbocycles. The minimum atomic E-state index is -0.0484. The van der Waals surface area contributed by atoms with Crippen molar-refractivity contribution in [2.45, 2.75) is 12.7 Å². The SMILES string of the molecule is Clc1ccccc1C(CBr)OCc1cccc(Br)c1. The molecule has 0 aliphatic carbocycles. The Morgan fingerprint density at radius 1 is 1.11 bits per heavy atom. The molecule has 0 aromatic heterocycles. The van der Waals surface area contributed by atoms with E-state index in [0.29, 0.717) is 11.9 Å². The zero-order chi connectivity index (χ0) is 13.7. The molecule has 1 unspecified atom stereocenters. The highest BCUT2D eigenvalue weighted by Gasteiger charge is 2.13. The van der Waals surface area contributed by atoms with Crippen molar-refractivity contribution < 1.29 is 4.74 Å². The average Bonchev–Trinajstić information content (AvgIpc) is 2.41. The first-order valence-electron chi connectivity index (χ1n) is 5.87. The fourth-order valence-corrected chi connectivity index (χ4v) is 3.02. The summed E-state index contributed by atoms with van der Waals surface area (Å²) in [6.07, 6.45) is -0.0484. The molecule has 0 saturated heterocycles. The molecule has 2 aromatic carbocycles. The zero-order valence-corrected chi connectivity index (χ0v) is 14.1. The van der Waals surface area contributed by atoms with Crippen LogP contribution >= 0.6 is 43.5 Å². The molecular formula is C15H13Br2ClO. The second kappa shape index (κ2) is 7.44. The number of halogens is 3. The Balaban J connectivity index is 2.06. The first-order valence-corrected chi connectivity index (χ1v) is 8.16. The van der Waals surface area contributed by atoms with Crippen molar-refractivity contribution in [2.75, 3.05) is 5.33 Å². The van der Waals surface area contributed by atoms with E-state index in [0.717, 1.165) is 20.6 Å². The zero-order valence-electron chi connectivity index (χ0n) is 10.2. The van der Waals surface area contributed by atoms with Gasteiger partial charge >= 0.3 is 0 Å². The van der Waals surface area contributed by atoms with Crippen LogP contribution in [-0.4, -0.2) is 5.33 Å². The summed E-state index contributed by atoms with van der Waals surface area (Å²) >= 11 is 13.1. The Bertz CT molecular complexity index is 545. The normalized spacial score (nSPS) is 12.4. The van der Waals surface area contributed by atoms with Gasteiger partial charge in [-0.15, -0.1) is 0 Å². The highest BCUT2D eigenvalue weighted by molar-refractivity contribution is 9.10. The van der Waals surface area contributed by atoms with Gasteiger partial charge in [-0.1, -0.05) is 73.8 Å². The van der Waals surface area contributed by atoms with Gasteiger partial charge in [-0.3, -0.25) is 0 Å². The first kappa shape index (κ1) is 15.0. The maximum absolute atomic E-state index is 6.20. The standard InChI is InChI=1S/C15H13Br2ClO/c16-9-15(13-6-1-2-7-14(13)18)19-10-11-4-3-5-12(17)8-11/h1-8,15H,9-10H2. The van der Waals surface area contributed by atoms with Gasteiger partial charge in [0.2, 0.25) is 0 Å². The minimum Gasteiger partial charge on any atom is -0.368 e. The van der Waals surface area contributed by atoms with Gasteiger partial charge in [-0.25, -0.2) is 0 Å². The van der Waals surface area contributed by atoms with Crippen LogP contribution in [0, 0.1) is 0 Å². The molecule has 100 valence electrons. The molecule has 0 amide bonds. The average molecular weight is 405 g/mol. The monoisotopic (exact) mass is 402 g/mol. The van der Waals surface area contributed by atoms with E-state index in [1.165, 1.54) is 0 Å². The van der Waals surface area contributed by atoms with Gasteiger partial charge in [-0.05, 0) is 23.8 Å². The molecule has 4 heteroatoms. The summed E-state index contributed by atoms with van der Waals surface area (Å²) < 4.78 is 7.00. The van der Waals surface area contributed by atoms with Gasteiger partial charge in [0.15, 0.2) is 0 Å². The van der Waals surface area contributed by atoms with Crippen molar-refractivity contribution in [3.05, 3.63) is 69.2 Å². The van der Waals surface area contributed by atoms with Crippen LogP contribution in [0.4, 0.5) is 0 Å². The Morgan fingerprint density at radius 3 is 2.58 bits per heavy atom. The fourth-order valence-electron chi connectivity index (χ4n) is 1.78. The molecule has 0 radical (unpaired) electrons. The quantitative estimate of drug-likeness (QED) is 0.576. The van der Waals surface area contributed by atoms with E-state index in [-0.39, 0.29) is 6.10 Å². The van der Waals surface area contributed by atoms with Crippen molar-refractivity contribution in [3.8, 4) is 0 Å². The van der Waals surface area contributed by atoms with Crippen LogP contribution in [0.5, 0.6) is 0 Å². The van der Waals surface area contributed by atoms with Crippen LogP contribution in [0.1, 0.15) is 17.2 Å². The van der Waals surface area contributed by atoms with Gasteiger partial charge < -0.3 is 4.74 Å². The van der Waals surface area contributed by atoms with E-state index < -0.39 is 0 Å². The lowest BCUT2D eigenvalue weighted by atomic mass is 10.1. The van der Waals surface area contributed by atoms with Crippen LogP contribution in [0.15, 0.2) is 53.0 Å². The van der Waals surface area contributed by atoms with Crippen LogP contribution < -0.4 is 0 Å². The third-order valence-corrected chi connectivity index (χ3v) is 4.16. The van der Waals surface area contributed by atoms with E-state index in [1.54, 1.807) is 0 Å². The van der Waals surface area contributed by atoms with E-state index in [2.05, 4.69) is 37.9 Å². The van der Waals surface area contributed by atoms with Gasteiger partial charge in [-0.2, -0.15) is 0 Å². The number of ether oxygens (including phenoxy) is 1. The van der Waals surface area contributed by atoms with E-state index >= 15 is 0 Å². The third kappa shape index (κ3) is 4.32. The fraction of sp³-hybridized carbons (Fsp3) is 0.200. The van der Waals surface area contributed by atoms with Crippen molar-refractivity contribution in [1.29, 1.82) is 0 Å². The smallest absolute Gasteiger partial charge is 0.0940 e. The Hall–Kier alpha value is -0.350. The Morgan fingerprint density at radius 2 is 1.89 bits per heavy atom. The van der Waals surface area contributed by atoms with Crippen LogP contribution in [0.3, 0.4) is 0 Å². The molecule has 0 N–H and O–H groups in total. The molecule has 19 heavy (non-hydrogen) atoms. The topological polar surface area (TPSA) is 9.23 Å². The number of rotatable bonds is 5. The summed E-state index contributed by atoms with van der Waals surface area (Å²) in [6.45, 7) is 0.556. The lowest BCUT2D eigenvalue weighted by molar-refractivity contribution is 0.0566. The number of hydrogen-bond donors (Lipinski definition) is 0. The van der Waals surface area contributed by atoms with E-state index in [1.807, 2.05) is 42.5 Å². The highest BCUT2D eigenvalue weighted by Crippen LogP contribution is 2.28. The molecule has 1 atom stereocenters. The first-order chi connectivity index (χ1) is 9.20. The predicted octanol–water partition coefficient (Wildman–Crippen LogP) is 5.76. The second-order valence-corrected chi connectivity index (χ2v) is 6.08. The Kier molecular flexibility index (Phi) is 5.89. The molecule has 1 nitrogen and oxygen atoms in total. The molecule has 2 aromatic rings. The lowest BCUT2D eigenvalue weighted by Gasteiger charge is -2.17. The van der Waals surface area contributed by atoms with Gasteiger partial charge in [0, 0.05) is 20.4 Å². The number of alkyl halides is 1. The molecule has 0 aliphatic heterocycles. The summed E-state index contributed by atoms with van der Waals surface area (Å²) in [6, 6.07) is 15.9. The summed E-state index contributed by atoms with van der Waals surface area (Å²) in [7, 11) is 0. The summed E-state index contributed by atoms with van der Waals surface area (Å²) in [5.74, 6) is 0. The Labute approximate surface area is 135 Å². The predicted molar refractivity (Wildman–Crippen MR) is 86.9 cm³/mol. The number of benzene rings is 2. The molecule has 0 spiro atoms. The van der Waals surface area contributed by atoms with Crippen molar-refractivity contribution >= 4 is 43.5 Å². The van der Waals surface area contributed by atoms with Gasteiger partial charge in [0.25, 0.3) is 0 Å². The third-order valence-electron chi connectivity index (χ3n) is 2.73. The van der Waals surface area contributed by atoms with Gasteiger partial charge in [0.05, 0.1) is 12.7 Å². The van der Waals surface area contributed by atoms with Crippen LogP contribution in [0.2, 0.25) is 5.02 Å². The minimum absolute atomic E-state index is 0.0484. The summed E-state index contributed by atoms with van der Waals surface area (Å²) in [4.78, 5) is 0. The van der Waals surface area contributed by atoms with Gasteiger partial charge in [0.1, 0.15) is 0 Å². The molecular weight excluding hydrogens is 391 g/mol. The largest absolute Gasteiger partial charge is 0.368 e. The lowest BCUT2D eigenvalue weighted by Crippen LogP contribution is -2.06. The molecule has 0 fully saturated rings. The molecule has 0 aliphatic rings. The van der Waals surface area contributed by atoms with Crippen molar-refractivity contribution in [3.63, 3.8) is 0 Å². The maximum atomic E-state index is 6.20. The molecule has 0 bridgehead atoms. The highest BCUT2D eigenvalue weighted by atomic mass is 79.9. The molecule has 2 rings (SSSR count). The summed E-state index contributed by atoms with van der Waals surface area (Å²) in [5.41, 5.74) is 2.14. The van der Waals surface area contributed by atoms with Crippen LogP contribution in [-0.2, 0) is 11.3 Å². The second-order valence-electron chi connectivity index (χ2n) is 4.11. The van der Waals surface area contributed by atoms with Crippen molar-refractivity contribution in [2.24, 2.45) is 0 Å². The van der Waals surface area contributed by atoms with Crippen molar-refractivity contribution in [1.82, 2.24) is 0 Å². The van der Waals surface area contributed by atoms with E-state index in [9.17, 15) is 0 Å². The number of hydrogen-bond acceptors (Lipinski definition) is 1.